The van der Waals surface area contributed by atoms with E-state index in [2.05, 4.69) is 24.1 Å². The van der Waals surface area contributed by atoms with Crippen LogP contribution in [0.2, 0.25) is 0 Å². The zero-order valence-electron chi connectivity index (χ0n) is 13.3. The van der Waals surface area contributed by atoms with Gasteiger partial charge in [0.05, 0.1) is 6.61 Å². The van der Waals surface area contributed by atoms with E-state index >= 15 is 0 Å². The highest BCUT2D eigenvalue weighted by molar-refractivity contribution is 5.76. The molecule has 1 N–H and O–H groups in total. The molecule has 116 valence electrons. The van der Waals surface area contributed by atoms with Gasteiger partial charge in [-0.3, -0.25) is 4.79 Å². The summed E-state index contributed by atoms with van der Waals surface area (Å²) in [6, 6.07) is 0.390. The van der Waals surface area contributed by atoms with Gasteiger partial charge in [0.25, 0.3) is 0 Å². The van der Waals surface area contributed by atoms with Crippen LogP contribution in [0.15, 0.2) is 0 Å². The second-order valence-corrected chi connectivity index (χ2v) is 6.44. The summed E-state index contributed by atoms with van der Waals surface area (Å²) in [5.41, 5.74) is 0.471. The van der Waals surface area contributed by atoms with Crippen LogP contribution in [-0.2, 0) is 9.53 Å². The molecule has 0 amide bonds. The Balaban J connectivity index is 1.89. The molecule has 4 heteroatoms. The van der Waals surface area contributed by atoms with Crippen LogP contribution in [0.1, 0.15) is 52.9 Å². The quantitative estimate of drug-likeness (QED) is 0.693. The molecule has 4 nitrogen and oxygen atoms in total. The minimum absolute atomic E-state index is 0.0788. The number of rotatable bonds is 8. The second-order valence-electron chi connectivity index (χ2n) is 6.44. The lowest BCUT2D eigenvalue weighted by Gasteiger charge is -2.28. The average Bonchev–Trinajstić information content (AvgIpc) is 3.17. The Bertz CT molecular complexity index is 324. The van der Waals surface area contributed by atoms with Crippen LogP contribution in [-0.4, -0.2) is 49.2 Å². The van der Waals surface area contributed by atoms with Crippen molar-refractivity contribution in [3.63, 3.8) is 0 Å². The van der Waals surface area contributed by atoms with Gasteiger partial charge in [-0.25, -0.2) is 0 Å². The van der Waals surface area contributed by atoms with Crippen LogP contribution in [0.5, 0.6) is 0 Å². The fraction of sp³-hybridized carbons (Fsp3) is 0.938. The zero-order valence-corrected chi connectivity index (χ0v) is 13.3. The van der Waals surface area contributed by atoms with E-state index in [0.717, 1.165) is 19.6 Å². The van der Waals surface area contributed by atoms with Gasteiger partial charge in [0, 0.05) is 19.1 Å². The molecule has 1 saturated heterocycles. The lowest BCUT2D eigenvalue weighted by Crippen LogP contribution is -2.47. The van der Waals surface area contributed by atoms with Gasteiger partial charge in [0.15, 0.2) is 0 Å². The average molecular weight is 282 g/mol. The molecule has 2 fully saturated rings. The van der Waals surface area contributed by atoms with Crippen LogP contribution in [0.3, 0.4) is 0 Å². The fourth-order valence-electron chi connectivity index (χ4n) is 3.24. The Kier molecular flexibility index (Phi) is 5.44. The highest BCUT2D eigenvalue weighted by atomic mass is 16.5. The number of carbonyl (C=O) groups excluding carboxylic acids is 1. The van der Waals surface area contributed by atoms with E-state index in [1.807, 2.05) is 6.92 Å². The molecule has 1 heterocycles. The molecule has 0 bridgehead atoms. The minimum Gasteiger partial charge on any atom is -0.465 e. The molecule has 1 saturated carbocycles. The van der Waals surface area contributed by atoms with E-state index in [1.165, 1.54) is 32.1 Å². The molecule has 1 aliphatic carbocycles. The Labute approximate surface area is 123 Å². The Hall–Kier alpha value is -0.610. The summed E-state index contributed by atoms with van der Waals surface area (Å²) in [5, 5.41) is 3.45. The Morgan fingerprint density at radius 2 is 2.05 bits per heavy atom. The molecule has 1 unspecified atom stereocenters. The molecule has 0 aromatic carbocycles. The maximum atomic E-state index is 12.1. The maximum Gasteiger partial charge on any atom is 0.324 e. The lowest BCUT2D eigenvalue weighted by molar-refractivity contribution is -0.146. The molecule has 20 heavy (non-hydrogen) atoms. The highest BCUT2D eigenvalue weighted by Crippen LogP contribution is 2.37. The van der Waals surface area contributed by atoms with Crippen LogP contribution in [0, 0.1) is 5.41 Å². The monoisotopic (exact) mass is 282 g/mol. The van der Waals surface area contributed by atoms with Gasteiger partial charge in [-0.1, -0.05) is 13.8 Å². The molecule has 0 aromatic heterocycles. The first-order valence-corrected chi connectivity index (χ1v) is 8.27. The van der Waals surface area contributed by atoms with Gasteiger partial charge >= 0.3 is 5.97 Å². The molecule has 0 aromatic rings. The van der Waals surface area contributed by atoms with Crippen molar-refractivity contribution in [3.8, 4) is 0 Å². The SMILES string of the molecule is CCOC(=O)C(CN1CCC(CC)(CC)C1)NC1CC1. The Morgan fingerprint density at radius 3 is 2.55 bits per heavy atom. The van der Waals surface area contributed by atoms with Crippen molar-refractivity contribution in [1.29, 1.82) is 0 Å². The Morgan fingerprint density at radius 1 is 1.35 bits per heavy atom. The van der Waals surface area contributed by atoms with E-state index in [9.17, 15) is 4.79 Å². The summed E-state index contributed by atoms with van der Waals surface area (Å²) in [6.45, 7) is 9.97. The fourth-order valence-corrected chi connectivity index (χ4v) is 3.24. The van der Waals surface area contributed by atoms with E-state index < -0.39 is 0 Å². The van der Waals surface area contributed by atoms with Crippen molar-refractivity contribution >= 4 is 5.97 Å². The third-order valence-electron chi connectivity index (χ3n) is 5.04. The largest absolute Gasteiger partial charge is 0.465 e. The van der Waals surface area contributed by atoms with Gasteiger partial charge in [-0.15, -0.1) is 0 Å². The number of ether oxygens (including phenoxy) is 1. The van der Waals surface area contributed by atoms with Crippen LogP contribution in [0.4, 0.5) is 0 Å². The molecule has 0 spiro atoms. The van der Waals surface area contributed by atoms with Crippen molar-refractivity contribution in [2.24, 2.45) is 5.41 Å². The summed E-state index contributed by atoms with van der Waals surface area (Å²) in [5.74, 6) is -0.0788. The number of nitrogens with zero attached hydrogens (tertiary/aromatic N) is 1. The van der Waals surface area contributed by atoms with Gasteiger partial charge in [0.2, 0.25) is 0 Å². The number of likely N-dealkylation sites (tertiary alicyclic amines) is 1. The van der Waals surface area contributed by atoms with Crippen LogP contribution >= 0.6 is 0 Å². The van der Waals surface area contributed by atoms with Crippen LogP contribution < -0.4 is 5.32 Å². The van der Waals surface area contributed by atoms with Crippen molar-refractivity contribution < 1.29 is 9.53 Å². The van der Waals surface area contributed by atoms with Crippen LogP contribution in [0.25, 0.3) is 0 Å². The van der Waals surface area contributed by atoms with E-state index in [0.29, 0.717) is 18.1 Å². The molecule has 2 aliphatic rings. The predicted octanol–water partition coefficient (Wildman–Crippen LogP) is 2.18. The lowest BCUT2D eigenvalue weighted by atomic mass is 9.82. The van der Waals surface area contributed by atoms with E-state index in [1.54, 1.807) is 0 Å². The molecule has 2 rings (SSSR count). The van der Waals surface area contributed by atoms with Crippen molar-refractivity contribution in [2.75, 3.05) is 26.2 Å². The summed E-state index contributed by atoms with van der Waals surface area (Å²) in [7, 11) is 0. The molecular formula is C16H30N2O2. The predicted molar refractivity (Wildman–Crippen MR) is 80.7 cm³/mol. The summed E-state index contributed by atoms with van der Waals surface area (Å²) in [6.07, 6.45) is 6.13. The number of nitrogens with one attached hydrogen (secondary N) is 1. The van der Waals surface area contributed by atoms with E-state index in [4.69, 9.17) is 4.74 Å². The van der Waals surface area contributed by atoms with Gasteiger partial charge in [-0.2, -0.15) is 0 Å². The third-order valence-corrected chi connectivity index (χ3v) is 5.04. The molecule has 1 atom stereocenters. The smallest absolute Gasteiger partial charge is 0.324 e. The van der Waals surface area contributed by atoms with Crippen molar-refractivity contribution in [1.82, 2.24) is 10.2 Å². The zero-order chi connectivity index (χ0) is 14.6. The third kappa shape index (κ3) is 3.95. The second kappa shape index (κ2) is 6.90. The standard InChI is InChI=1S/C16H30N2O2/c1-4-16(5-2)9-10-18(12-16)11-14(15(19)20-6-3)17-13-7-8-13/h13-14,17H,4-12H2,1-3H3. The first kappa shape index (κ1) is 15.8. The summed E-state index contributed by atoms with van der Waals surface area (Å²) in [4.78, 5) is 14.5. The first-order valence-electron chi connectivity index (χ1n) is 8.27. The number of carbonyl (C=O) groups is 1. The molecule has 1 aliphatic heterocycles. The molecule has 0 radical (unpaired) electrons. The molecular weight excluding hydrogens is 252 g/mol. The number of esters is 1. The van der Waals surface area contributed by atoms with Crippen molar-refractivity contribution in [3.05, 3.63) is 0 Å². The van der Waals surface area contributed by atoms with Crippen molar-refractivity contribution in [2.45, 2.75) is 65.0 Å². The van der Waals surface area contributed by atoms with Gasteiger partial charge in [0.1, 0.15) is 6.04 Å². The normalized spacial score (nSPS) is 23.8. The van der Waals surface area contributed by atoms with Gasteiger partial charge in [-0.05, 0) is 51.0 Å². The first-order chi connectivity index (χ1) is 9.62. The van der Waals surface area contributed by atoms with E-state index in [-0.39, 0.29) is 12.0 Å². The summed E-state index contributed by atoms with van der Waals surface area (Å²) >= 11 is 0. The minimum atomic E-state index is -0.146. The highest BCUT2D eigenvalue weighted by Gasteiger charge is 2.37. The number of hydrogen-bond donors (Lipinski definition) is 1. The topological polar surface area (TPSA) is 41.6 Å². The summed E-state index contributed by atoms with van der Waals surface area (Å²) < 4.78 is 5.22. The van der Waals surface area contributed by atoms with Gasteiger partial charge < -0.3 is 15.0 Å². The number of hydrogen-bond acceptors (Lipinski definition) is 4. The maximum absolute atomic E-state index is 12.1.